The number of pyridine rings is 1. The van der Waals surface area contributed by atoms with Crippen molar-refractivity contribution in [1.82, 2.24) is 4.98 Å². The number of amides is 1. The highest BCUT2D eigenvalue weighted by Crippen LogP contribution is 2.43. The molecule has 1 N–H and O–H groups in total. The van der Waals surface area contributed by atoms with E-state index in [1.54, 1.807) is 36.4 Å². The van der Waals surface area contributed by atoms with Crippen molar-refractivity contribution in [2.24, 2.45) is 0 Å². The summed E-state index contributed by atoms with van der Waals surface area (Å²) in [5, 5.41) is 11.0. The third-order valence-electron chi connectivity index (χ3n) is 5.41. The van der Waals surface area contributed by atoms with Crippen molar-refractivity contribution < 1.29 is 28.6 Å². The minimum Gasteiger partial charge on any atom is -0.507 e. The maximum absolute atomic E-state index is 13.8. The Kier molecular flexibility index (Phi) is 5.22. The molecule has 33 heavy (non-hydrogen) atoms. The van der Waals surface area contributed by atoms with E-state index in [2.05, 4.69) is 4.98 Å². The van der Waals surface area contributed by atoms with Crippen LogP contribution in [0.5, 0.6) is 11.5 Å². The van der Waals surface area contributed by atoms with Gasteiger partial charge in [0.15, 0.2) is 11.5 Å². The van der Waals surface area contributed by atoms with Gasteiger partial charge in [0, 0.05) is 17.4 Å². The molecule has 0 bridgehead atoms. The number of fused-ring (bicyclic) bond motifs is 1. The van der Waals surface area contributed by atoms with Crippen LogP contribution in [0.1, 0.15) is 17.3 Å². The number of carbonyl (C=O) groups excluding carboxylic acids is 2. The number of aliphatic hydroxyl groups is 1. The Labute approximate surface area is 192 Å². The van der Waals surface area contributed by atoms with Crippen molar-refractivity contribution in [3.05, 3.63) is 88.5 Å². The Morgan fingerprint density at radius 2 is 1.85 bits per heavy atom. The average molecular weight is 467 g/mol. The van der Waals surface area contributed by atoms with E-state index in [4.69, 9.17) is 21.1 Å². The van der Waals surface area contributed by atoms with Gasteiger partial charge in [-0.2, -0.15) is 0 Å². The number of aliphatic hydroxyl groups excluding tert-OH is 1. The van der Waals surface area contributed by atoms with Crippen molar-refractivity contribution in [2.45, 2.75) is 6.04 Å². The molecule has 1 amide bonds. The number of rotatable bonds is 3. The van der Waals surface area contributed by atoms with Gasteiger partial charge in [0.1, 0.15) is 30.8 Å². The molecule has 2 aromatic carbocycles. The zero-order valence-corrected chi connectivity index (χ0v) is 17.8. The quantitative estimate of drug-likeness (QED) is 0.352. The van der Waals surface area contributed by atoms with Crippen LogP contribution in [0.2, 0.25) is 5.02 Å². The van der Waals surface area contributed by atoms with Crippen LogP contribution in [0, 0.1) is 5.82 Å². The Balaban J connectivity index is 1.69. The lowest BCUT2D eigenvalue weighted by atomic mass is 9.98. The minimum absolute atomic E-state index is 0.157. The fraction of sp³-hybridized carbons (Fsp3) is 0.125. The molecule has 1 saturated heterocycles. The van der Waals surface area contributed by atoms with E-state index in [0.717, 1.165) is 11.0 Å². The van der Waals surface area contributed by atoms with E-state index < -0.39 is 29.3 Å². The highest BCUT2D eigenvalue weighted by atomic mass is 35.5. The summed E-state index contributed by atoms with van der Waals surface area (Å²) in [5.74, 6) is -1.93. The van der Waals surface area contributed by atoms with Gasteiger partial charge in [-0.05, 0) is 48.5 Å². The predicted molar refractivity (Wildman–Crippen MR) is 118 cm³/mol. The molecular formula is C24H16ClFN2O5. The van der Waals surface area contributed by atoms with Crippen LogP contribution in [-0.4, -0.2) is 35.0 Å². The van der Waals surface area contributed by atoms with Crippen molar-refractivity contribution in [3.8, 4) is 11.5 Å². The molecule has 7 nitrogen and oxygen atoms in total. The summed E-state index contributed by atoms with van der Waals surface area (Å²) >= 11 is 5.93. The summed E-state index contributed by atoms with van der Waals surface area (Å²) in [5.41, 5.74) is 0.655. The second kappa shape index (κ2) is 8.22. The lowest BCUT2D eigenvalue weighted by Gasteiger charge is -2.25. The number of halogens is 2. The molecule has 1 unspecified atom stereocenters. The summed E-state index contributed by atoms with van der Waals surface area (Å²) in [4.78, 5) is 31.7. The first-order valence-electron chi connectivity index (χ1n) is 10.0. The molecule has 0 aliphatic carbocycles. The Morgan fingerprint density at radius 1 is 1.06 bits per heavy atom. The van der Waals surface area contributed by atoms with E-state index >= 15 is 0 Å². The highest BCUT2D eigenvalue weighted by Gasteiger charge is 2.47. The van der Waals surface area contributed by atoms with Gasteiger partial charge in [0.25, 0.3) is 11.7 Å². The van der Waals surface area contributed by atoms with Gasteiger partial charge in [0.2, 0.25) is 0 Å². The topological polar surface area (TPSA) is 89.0 Å². The highest BCUT2D eigenvalue weighted by molar-refractivity contribution is 6.51. The van der Waals surface area contributed by atoms with Crippen molar-refractivity contribution in [3.63, 3.8) is 0 Å². The lowest BCUT2D eigenvalue weighted by molar-refractivity contribution is -0.132. The largest absolute Gasteiger partial charge is 0.507 e. The number of anilines is 1. The van der Waals surface area contributed by atoms with Crippen LogP contribution < -0.4 is 14.4 Å². The number of ether oxygens (including phenoxy) is 2. The molecule has 9 heteroatoms. The summed E-state index contributed by atoms with van der Waals surface area (Å²) in [7, 11) is 0. The number of hydrogen-bond donors (Lipinski definition) is 1. The number of hydrogen-bond acceptors (Lipinski definition) is 6. The molecule has 2 aliphatic heterocycles. The summed E-state index contributed by atoms with van der Waals surface area (Å²) in [6.07, 6.45) is 1.51. The average Bonchev–Trinajstić information content (AvgIpc) is 3.11. The maximum Gasteiger partial charge on any atom is 0.300 e. The lowest BCUT2D eigenvalue weighted by Crippen LogP contribution is -2.29. The molecule has 3 aromatic rings. The van der Waals surface area contributed by atoms with Crippen LogP contribution in [0.3, 0.4) is 0 Å². The molecule has 0 saturated carbocycles. The number of ketones is 1. The summed E-state index contributed by atoms with van der Waals surface area (Å²) in [6, 6.07) is 12.4. The number of aromatic nitrogens is 1. The molecule has 1 fully saturated rings. The van der Waals surface area contributed by atoms with Gasteiger partial charge in [-0.25, -0.2) is 4.39 Å². The molecule has 2 aliphatic rings. The van der Waals surface area contributed by atoms with Crippen LogP contribution >= 0.6 is 11.6 Å². The number of nitrogens with zero attached hydrogens (tertiary/aromatic N) is 2. The molecule has 1 aromatic heterocycles. The standard InChI is InChI=1S/C24H16ClFN2O5/c25-15-12-14(5-6-16(15)26)28-21(17-3-1-2-8-27-17)20(23(30)24(28)31)22(29)13-4-7-18-19(11-13)33-10-9-32-18/h1-8,11-12,21,29H,9-10H2/b22-20-. The summed E-state index contributed by atoms with van der Waals surface area (Å²) in [6.45, 7) is 0.754. The van der Waals surface area contributed by atoms with Crippen molar-refractivity contribution >= 4 is 34.7 Å². The second-order valence-electron chi connectivity index (χ2n) is 7.38. The van der Waals surface area contributed by atoms with Crippen molar-refractivity contribution in [1.29, 1.82) is 0 Å². The zero-order chi connectivity index (χ0) is 23.1. The van der Waals surface area contributed by atoms with E-state index in [1.165, 1.54) is 18.3 Å². The fourth-order valence-corrected chi connectivity index (χ4v) is 4.07. The first-order valence-corrected chi connectivity index (χ1v) is 10.4. The van der Waals surface area contributed by atoms with Gasteiger partial charge < -0.3 is 14.6 Å². The Bertz CT molecular complexity index is 1310. The van der Waals surface area contributed by atoms with Crippen molar-refractivity contribution in [2.75, 3.05) is 18.1 Å². The van der Waals surface area contributed by atoms with Gasteiger partial charge in [-0.15, -0.1) is 0 Å². The molecule has 0 radical (unpaired) electrons. The van der Waals surface area contributed by atoms with Gasteiger partial charge >= 0.3 is 0 Å². The maximum atomic E-state index is 13.8. The van der Waals surface area contributed by atoms with Gasteiger partial charge in [-0.1, -0.05) is 17.7 Å². The molecule has 1 atom stereocenters. The van der Waals surface area contributed by atoms with Crippen LogP contribution in [0.15, 0.2) is 66.4 Å². The zero-order valence-electron chi connectivity index (χ0n) is 17.0. The van der Waals surface area contributed by atoms with E-state index in [9.17, 15) is 19.1 Å². The predicted octanol–water partition coefficient (Wildman–Crippen LogP) is 4.27. The smallest absolute Gasteiger partial charge is 0.300 e. The van der Waals surface area contributed by atoms with Crippen LogP contribution in [0.25, 0.3) is 5.76 Å². The monoisotopic (exact) mass is 466 g/mol. The number of benzene rings is 2. The molecule has 166 valence electrons. The molecule has 0 spiro atoms. The van der Waals surface area contributed by atoms with E-state index in [-0.39, 0.29) is 21.8 Å². The first kappa shape index (κ1) is 21.0. The molecule has 5 rings (SSSR count). The molecular weight excluding hydrogens is 451 g/mol. The normalized spacial score (nSPS) is 19.1. The van der Waals surface area contributed by atoms with Crippen LogP contribution in [-0.2, 0) is 9.59 Å². The number of carbonyl (C=O) groups is 2. The second-order valence-corrected chi connectivity index (χ2v) is 7.79. The Morgan fingerprint density at radius 3 is 2.58 bits per heavy atom. The molecule has 3 heterocycles. The third kappa shape index (κ3) is 3.58. The fourth-order valence-electron chi connectivity index (χ4n) is 3.90. The first-order chi connectivity index (χ1) is 16.0. The van der Waals surface area contributed by atoms with Gasteiger partial charge in [0.05, 0.1) is 16.3 Å². The van der Waals surface area contributed by atoms with Crippen LogP contribution in [0.4, 0.5) is 10.1 Å². The minimum atomic E-state index is -1.05. The SMILES string of the molecule is O=C1C(=O)N(c2ccc(F)c(Cl)c2)C(c2ccccn2)/C1=C(/O)c1ccc2c(c1)OCCO2. The van der Waals surface area contributed by atoms with E-state index in [0.29, 0.717) is 30.4 Å². The third-order valence-corrected chi connectivity index (χ3v) is 5.70. The number of Topliss-reactive ketones (excluding diaryl/α,β-unsaturated/α-hetero) is 1. The van der Waals surface area contributed by atoms with E-state index in [1.807, 2.05) is 0 Å². The Hall–Kier alpha value is -3.91. The van der Waals surface area contributed by atoms with Gasteiger partial charge in [-0.3, -0.25) is 19.5 Å². The summed E-state index contributed by atoms with van der Waals surface area (Å²) < 4.78 is 24.8.